The summed E-state index contributed by atoms with van der Waals surface area (Å²) >= 11 is 0. The maximum atomic E-state index is 6.37. The first-order chi connectivity index (χ1) is 61.7. The van der Waals surface area contributed by atoms with E-state index in [9.17, 15) is 0 Å². The minimum Gasteiger partial charge on any atom is -0.455 e. The highest BCUT2D eigenvalue weighted by Gasteiger charge is 2.25. The molecule has 0 radical (unpaired) electrons. The van der Waals surface area contributed by atoms with Crippen LogP contribution in [-0.2, 0) is 10.8 Å². The lowest BCUT2D eigenvalue weighted by atomic mass is 9.83. The molecule has 0 saturated carbocycles. The normalized spacial score (nSPS) is 12.2. The number of aromatic nitrogens is 6. The van der Waals surface area contributed by atoms with E-state index in [1.807, 2.05) is 55.0 Å². The van der Waals surface area contributed by atoms with Crippen molar-refractivity contribution in [2.75, 3.05) is 0 Å². The zero-order valence-electron chi connectivity index (χ0n) is 73.2. The van der Waals surface area contributed by atoms with Crippen LogP contribution in [-0.4, -0.2) is 29.9 Å². The van der Waals surface area contributed by atoms with Crippen LogP contribution in [0.15, 0.2) is 341 Å². The van der Waals surface area contributed by atoms with Crippen molar-refractivity contribution in [2.24, 2.45) is 0 Å². The quantitative estimate of drug-likeness (QED) is 0.137. The second kappa shape index (κ2) is 30.4. The Bertz CT molecular complexity index is 8670. The van der Waals surface area contributed by atoms with Crippen molar-refractivity contribution in [1.29, 1.82) is 0 Å². The van der Waals surface area contributed by atoms with Crippen LogP contribution in [0.2, 0.25) is 0 Å². The molecule has 0 unspecified atom stereocenters. The van der Waals surface area contributed by atoms with Crippen LogP contribution in [0.1, 0.15) is 114 Å². The summed E-state index contributed by atoms with van der Waals surface area (Å²) in [6.45, 7) is 26.9. The molecular formula is C118H92N6O3. The number of fused-ring (bicyclic) bond motifs is 27. The van der Waals surface area contributed by atoms with Crippen molar-refractivity contribution >= 4 is 164 Å². The number of furan rings is 3. The van der Waals surface area contributed by atoms with Crippen LogP contribution >= 0.6 is 0 Å². The molecule has 0 aliphatic carbocycles. The van der Waals surface area contributed by atoms with Crippen molar-refractivity contribution in [1.82, 2.24) is 29.9 Å². The molecule has 612 valence electrons. The fourth-order valence-corrected chi connectivity index (χ4v) is 19.0. The minimum absolute atomic E-state index is 0.0355. The van der Waals surface area contributed by atoms with E-state index in [-0.39, 0.29) is 10.8 Å². The summed E-state index contributed by atoms with van der Waals surface area (Å²) in [7, 11) is 0. The highest BCUT2D eigenvalue weighted by atomic mass is 16.3. The number of benzene rings is 18. The molecule has 18 aromatic carbocycles. The molecule has 0 saturated heterocycles. The third kappa shape index (κ3) is 13.6. The first kappa shape index (κ1) is 78.0. The van der Waals surface area contributed by atoms with E-state index in [1.165, 1.54) is 65.7 Å². The lowest BCUT2D eigenvalue weighted by Gasteiger charge is -2.22. The van der Waals surface area contributed by atoms with Gasteiger partial charge in [-0.15, -0.1) is 0 Å². The Morgan fingerprint density at radius 1 is 0.228 bits per heavy atom. The van der Waals surface area contributed by atoms with Gasteiger partial charge < -0.3 is 13.3 Å². The molecule has 0 N–H and O–H groups in total. The molecule has 0 aliphatic rings. The molecule has 6 aromatic heterocycles. The van der Waals surface area contributed by atoms with Gasteiger partial charge in [0.05, 0.1) is 68.8 Å². The number of aryl methyl sites for hydroxylation is 2. The molecule has 6 heterocycles. The van der Waals surface area contributed by atoms with Crippen molar-refractivity contribution < 1.29 is 13.3 Å². The van der Waals surface area contributed by atoms with E-state index in [0.29, 0.717) is 11.8 Å². The first-order valence-electron chi connectivity index (χ1n) is 44.1. The Morgan fingerprint density at radius 3 is 0.835 bits per heavy atom. The van der Waals surface area contributed by atoms with E-state index in [2.05, 4.69) is 356 Å². The number of para-hydroxylation sites is 6. The molecule has 0 spiro atoms. The molecule has 9 nitrogen and oxygen atoms in total. The summed E-state index contributed by atoms with van der Waals surface area (Å²) in [5.41, 5.74) is 31.1. The molecule has 127 heavy (non-hydrogen) atoms. The van der Waals surface area contributed by atoms with Crippen molar-refractivity contribution in [3.05, 3.63) is 361 Å². The molecule has 0 fully saturated rings. The van der Waals surface area contributed by atoms with E-state index in [0.717, 1.165) is 198 Å². The smallest absolute Gasteiger partial charge is 0.143 e. The van der Waals surface area contributed by atoms with E-state index >= 15 is 0 Å². The number of rotatable bonds is 8. The molecule has 24 rings (SSSR count). The largest absolute Gasteiger partial charge is 0.455 e. The van der Waals surface area contributed by atoms with Gasteiger partial charge >= 0.3 is 0 Å². The number of hydrogen-bond donors (Lipinski definition) is 0. The second-order valence-corrected chi connectivity index (χ2v) is 37.0. The molecule has 9 heteroatoms. The minimum atomic E-state index is 0.0355. The van der Waals surface area contributed by atoms with E-state index in [4.69, 9.17) is 43.2 Å². The summed E-state index contributed by atoms with van der Waals surface area (Å²) in [5, 5.41) is 21.0. The van der Waals surface area contributed by atoms with Crippen LogP contribution in [0.5, 0.6) is 0 Å². The SMILES string of the molecule is CC(C)(C)c1ccc2c(c1)c1cc(C(C)(C)C)ccc1c1nc(-c3cccc(-c4cccc5c4oc4ccccc45)c3)cnc21.CC(C)c1ccc2c(c1)c1cc(C(C)C)ccc1c1nc(-c3cccc(-c4cccc5c4oc4ccccc45)c3)cnc21.Cc1ccc2c(c1)c1cc(C)ccc1c1nc(-c3cccc(-c4cccc5c4oc4ccccc45)c3)cnc21. The highest BCUT2D eigenvalue weighted by Crippen LogP contribution is 2.46. The topological polar surface area (TPSA) is 117 Å². The average molecular weight is 1640 g/mol. The summed E-state index contributed by atoms with van der Waals surface area (Å²) in [6, 6.07) is 110. The maximum absolute atomic E-state index is 6.37. The van der Waals surface area contributed by atoms with Gasteiger partial charge in [-0.1, -0.05) is 341 Å². The van der Waals surface area contributed by atoms with Crippen LogP contribution in [0.4, 0.5) is 0 Å². The molecular weight excluding hydrogens is 1550 g/mol. The Labute approximate surface area is 736 Å². The summed E-state index contributed by atoms with van der Waals surface area (Å²) in [4.78, 5) is 31.0. The van der Waals surface area contributed by atoms with Crippen molar-refractivity contribution in [2.45, 2.75) is 106 Å². The Hall–Kier alpha value is -15.1. The maximum Gasteiger partial charge on any atom is 0.143 e. The molecule has 0 atom stereocenters. The van der Waals surface area contributed by atoms with Gasteiger partial charge in [-0.2, -0.15) is 0 Å². The first-order valence-corrected chi connectivity index (χ1v) is 44.1. The fourth-order valence-electron chi connectivity index (χ4n) is 19.0. The third-order valence-electron chi connectivity index (χ3n) is 25.9. The van der Waals surface area contributed by atoms with Gasteiger partial charge in [0.15, 0.2) is 0 Å². The Kier molecular flexibility index (Phi) is 18.7. The van der Waals surface area contributed by atoms with E-state index < -0.39 is 0 Å². The monoisotopic (exact) mass is 1640 g/mol. The number of nitrogens with zero attached hydrogens (tertiary/aromatic N) is 6. The van der Waals surface area contributed by atoms with Gasteiger partial charge in [0.2, 0.25) is 0 Å². The molecule has 0 aliphatic heterocycles. The predicted molar refractivity (Wildman–Crippen MR) is 533 cm³/mol. The van der Waals surface area contributed by atoms with Gasteiger partial charge in [-0.25, -0.2) is 15.0 Å². The Morgan fingerprint density at radius 2 is 0.504 bits per heavy atom. The van der Waals surface area contributed by atoms with Crippen LogP contribution in [0.25, 0.3) is 231 Å². The highest BCUT2D eigenvalue weighted by molar-refractivity contribution is 6.26. The number of hydrogen-bond acceptors (Lipinski definition) is 9. The molecule has 0 amide bonds. The fraction of sp³-hybridized carbons (Fsp3) is 0.136. The predicted octanol–water partition coefficient (Wildman–Crippen LogP) is 33.0. The lowest BCUT2D eigenvalue weighted by Crippen LogP contribution is -2.11. The Balaban J connectivity index is 0.000000113. The third-order valence-corrected chi connectivity index (χ3v) is 25.9. The van der Waals surface area contributed by atoms with Crippen molar-refractivity contribution in [3.63, 3.8) is 0 Å². The lowest BCUT2D eigenvalue weighted by molar-refractivity contribution is 0.590. The average Bonchev–Trinajstić information content (AvgIpc) is 1.73. The van der Waals surface area contributed by atoms with Crippen LogP contribution in [0.3, 0.4) is 0 Å². The van der Waals surface area contributed by atoms with Gasteiger partial charge in [0.25, 0.3) is 0 Å². The second-order valence-electron chi connectivity index (χ2n) is 37.0. The van der Waals surface area contributed by atoms with Gasteiger partial charge in [0, 0.05) is 98.0 Å². The summed E-state index contributed by atoms with van der Waals surface area (Å²) in [5.74, 6) is 0.898. The van der Waals surface area contributed by atoms with Crippen LogP contribution < -0.4 is 0 Å². The molecule has 0 bridgehead atoms. The van der Waals surface area contributed by atoms with Gasteiger partial charge in [0.1, 0.15) is 33.5 Å². The van der Waals surface area contributed by atoms with Gasteiger partial charge in [-0.05, 0) is 156 Å². The van der Waals surface area contributed by atoms with Crippen LogP contribution in [0, 0.1) is 13.8 Å². The molecule has 24 aromatic rings. The zero-order chi connectivity index (χ0) is 86.4. The summed E-state index contributed by atoms with van der Waals surface area (Å²) in [6.07, 6.45) is 5.76. The zero-order valence-corrected chi connectivity index (χ0v) is 73.2. The standard InChI is InChI=1S/C42H36N2O.C40H32N2O.C36H24N2O/c1-41(2,3)27-17-19-31-34(22-27)35-23-28(42(4,5)6)18-20-32(35)39-38(31)43-24-36(44-39)26-12-9-11-25(21-26)29-14-10-15-33-30-13-7-8-16-37(30)45-40(29)33;1-23(2)25-15-17-31-34(20-25)35-21-26(24(3)4)16-18-32(35)39-38(31)41-22-36(42-39)28-10-7-9-27(19-28)29-12-8-13-33-30-11-5-6-14-37(30)43-40(29)33;1-21-13-15-27-30(17-21)31-18-22(2)14-16-28(31)35-34(27)37-20-32(38-35)24-8-5-7-23(19-24)25-10-6-11-29-26-9-3-4-12-33(26)39-36(25)29/h7-24H,1-6H3;5-24H,1-4H3;3-20H,1-2H3. The summed E-state index contributed by atoms with van der Waals surface area (Å²) < 4.78 is 19.0. The van der Waals surface area contributed by atoms with Crippen molar-refractivity contribution in [3.8, 4) is 67.2 Å². The van der Waals surface area contributed by atoms with Gasteiger partial charge in [-0.3, -0.25) is 15.0 Å². The van der Waals surface area contributed by atoms with E-state index in [1.54, 1.807) is 0 Å².